The second-order valence-corrected chi connectivity index (χ2v) is 8.98. The molecular formula is C16H20N4OS3. The van der Waals surface area contributed by atoms with E-state index >= 15 is 0 Å². The Labute approximate surface area is 154 Å². The van der Waals surface area contributed by atoms with Gasteiger partial charge in [-0.05, 0) is 49.3 Å². The number of anilines is 1. The second kappa shape index (κ2) is 6.67. The molecule has 1 aliphatic carbocycles. The third-order valence-electron chi connectivity index (χ3n) is 4.60. The molecule has 0 radical (unpaired) electrons. The number of likely N-dealkylation sites (tertiary alicyclic amines) is 1. The Morgan fingerprint density at radius 2 is 2.29 bits per heavy atom. The number of hydrogen-bond donors (Lipinski definition) is 0. The van der Waals surface area contributed by atoms with Crippen molar-refractivity contribution in [3.05, 3.63) is 26.3 Å². The predicted octanol–water partition coefficient (Wildman–Crippen LogP) is 4.05. The molecule has 2 aromatic heterocycles. The Morgan fingerprint density at radius 3 is 2.96 bits per heavy atom. The van der Waals surface area contributed by atoms with Crippen molar-refractivity contribution in [2.45, 2.75) is 51.4 Å². The summed E-state index contributed by atoms with van der Waals surface area (Å²) in [7, 11) is 0. The summed E-state index contributed by atoms with van der Waals surface area (Å²) < 4.78 is 2.63. The Morgan fingerprint density at radius 1 is 1.46 bits per heavy atom. The zero-order valence-electron chi connectivity index (χ0n) is 13.6. The summed E-state index contributed by atoms with van der Waals surface area (Å²) >= 11 is 8.78. The van der Waals surface area contributed by atoms with Gasteiger partial charge in [0.25, 0.3) is 0 Å². The van der Waals surface area contributed by atoms with E-state index in [1.807, 2.05) is 20.9 Å². The van der Waals surface area contributed by atoms with Crippen molar-refractivity contribution < 1.29 is 4.79 Å². The largest absolute Gasteiger partial charge is 0.284 e. The first-order valence-electron chi connectivity index (χ1n) is 8.28. The number of nitrogens with zero attached hydrogens (tertiary/aromatic N) is 4. The average molecular weight is 381 g/mol. The first-order valence-corrected chi connectivity index (χ1v) is 10.4. The molecule has 128 valence electrons. The zero-order valence-corrected chi connectivity index (χ0v) is 16.0. The Hall–Kier alpha value is -1.09. The highest BCUT2D eigenvalue weighted by Gasteiger charge is 2.34. The second-order valence-electron chi connectivity index (χ2n) is 6.40. The van der Waals surface area contributed by atoms with Crippen molar-refractivity contribution in [2.24, 2.45) is 0 Å². The lowest BCUT2D eigenvalue weighted by Gasteiger charge is -2.23. The van der Waals surface area contributed by atoms with Gasteiger partial charge in [-0.3, -0.25) is 14.6 Å². The highest BCUT2D eigenvalue weighted by Crippen LogP contribution is 2.36. The molecule has 8 heteroatoms. The van der Waals surface area contributed by atoms with Crippen LogP contribution in [0.3, 0.4) is 0 Å². The summed E-state index contributed by atoms with van der Waals surface area (Å²) in [6, 6.07) is 5.11. The molecule has 2 aromatic rings. The van der Waals surface area contributed by atoms with Crippen molar-refractivity contribution in [1.29, 1.82) is 0 Å². The molecule has 1 aliphatic heterocycles. The van der Waals surface area contributed by atoms with Gasteiger partial charge in [0, 0.05) is 30.4 Å². The fourth-order valence-electron chi connectivity index (χ4n) is 3.33. The van der Waals surface area contributed by atoms with Crippen molar-refractivity contribution in [3.8, 4) is 0 Å². The molecule has 2 aliphatic rings. The van der Waals surface area contributed by atoms with E-state index < -0.39 is 0 Å². The maximum Gasteiger partial charge on any atom is 0.225 e. The zero-order chi connectivity index (χ0) is 16.7. The van der Waals surface area contributed by atoms with Gasteiger partial charge >= 0.3 is 0 Å². The van der Waals surface area contributed by atoms with Gasteiger partial charge in [-0.25, -0.2) is 4.68 Å². The van der Waals surface area contributed by atoms with E-state index in [2.05, 4.69) is 27.5 Å². The van der Waals surface area contributed by atoms with E-state index in [9.17, 15) is 4.79 Å². The first-order chi connectivity index (χ1) is 11.6. The van der Waals surface area contributed by atoms with E-state index in [0.29, 0.717) is 18.8 Å². The SMILES string of the molecule is CC(=O)N(c1nn(CN2CCC[C@@H]2c2cccs2)c(=S)s1)C1CC1. The Balaban J connectivity index is 1.54. The molecule has 1 atom stereocenters. The van der Waals surface area contributed by atoms with E-state index in [0.717, 1.165) is 28.5 Å². The van der Waals surface area contributed by atoms with Crippen LogP contribution in [0.25, 0.3) is 0 Å². The van der Waals surface area contributed by atoms with Crippen LogP contribution >= 0.6 is 34.9 Å². The number of rotatable bonds is 5. The quantitative estimate of drug-likeness (QED) is 0.734. The molecular weight excluding hydrogens is 360 g/mol. The maximum atomic E-state index is 11.9. The van der Waals surface area contributed by atoms with Gasteiger partial charge in [-0.15, -0.1) is 16.4 Å². The third-order valence-corrected chi connectivity index (χ3v) is 6.88. The average Bonchev–Trinajstić information content (AvgIpc) is 2.95. The summed E-state index contributed by atoms with van der Waals surface area (Å²) in [5, 5.41) is 7.56. The molecule has 3 heterocycles. The van der Waals surface area contributed by atoms with Crippen LogP contribution in [-0.4, -0.2) is 33.2 Å². The fraction of sp³-hybridized carbons (Fsp3) is 0.562. The topological polar surface area (TPSA) is 41.4 Å². The van der Waals surface area contributed by atoms with Crippen LogP contribution in [0.4, 0.5) is 5.13 Å². The predicted molar refractivity (Wildman–Crippen MR) is 100 cm³/mol. The first kappa shape index (κ1) is 16.4. The summed E-state index contributed by atoms with van der Waals surface area (Å²) in [5.74, 6) is 0.0611. The smallest absolute Gasteiger partial charge is 0.225 e. The molecule has 1 saturated heterocycles. The molecule has 5 nitrogen and oxygen atoms in total. The van der Waals surface area contributed by atoms with Gasteiger partial charge in [0.15, 0.2) is 3.95 Å². The maximum absolute atomic E-state index is 11.9. The van der Waals surface area contributed by atoms with Crippen LogP contribution in [0.5, 0.6) is 0 Å². The monoisotopic (exact) mass is 380 g/mol. The van der Waals surface area contributed by atoms with E-state index in [4.69, 9.17) is 12.2 Å². The molecule has 2 fully saturated rings. The van der Waals surface area contributed by atoms with E-state index in [1.165, 1.54) is 29.1 Å². The van der Waals surface area contributed by atoms with Crippen LogP contribution in [0.15, 0.2) is 17.5 Å². The minimum absolute atomic E-state index is 0.0611. The molecule has 0 unspecified atom stereocenters. The Bertz CT molecular complexity index is 778. The summed E-state index contributed by atoms with van der Waals surface area (Å²) in [5.41, 5.74) is 0. The van der Waals surface area contributed by atoms with E-state index in [1.54, 1.807) is 6.92 Å². The van der Waals surface area contributed by atoms with Crippen LogP contribution in [0, 0.1) is 3.95 Å². The van der Waals surface area contributed by atoms with Crippen molar-refractivity contribution in [3.63, 3.8) is 0 Å². The molecule has 1 saturated carbocycles. The molecule has 0 aromatic carbocycles. The normalized spacial score (nSPS) is 21.3. The molecule has 0 bridgehead atoms. The third kappa shape index (κ3) is 3.20. The van der Waals surface area contributed by atoms with Gasteiger partial charge in [-0.2, -0.15) is 0 Å². The molecule has 0 spiro atoms. The van der Waals surface area contributed by atoms with Crippen LogP contribution < -0.4 is 4.90 Å². The van der Waals surface area contributed by atoms with Gasteiger partial charge in [0.1, 0.15) is 0 Å². The fourth-order valence-corrected chi connectivity index (χ4v) is 5.43. The summed E-state index contributed by atoms with van der Waals surface area (Å²) in [6.07, 6.45) is 4.53. The van der Waals surface area contributed by atoms with Crippen LogP contribution in [0.1, 0.15) is 43.5 Å². The highest BCUT2D eigenvalue weighted by molar-refractivity contribution is 7.73. The molecule has 24 heavy (non-hydrogen) atoms. The number of carbonyl (C=O) groups is 1. The lowest BCUT2D eigenvalue weighted by molar-refractivity contribution is -0.116. The lowest BCUT2D eigenvalue weighted by Crippen LogP contribution is -2.31. The van der Waals surface area contributed by atoms with Crippen LogP contribution in [-0.2, 0) is 11.5 Å². The van der Waals surface area contributed by atoms with E-state index in [-0.39, 0.29) is 5.91 Å². The minimum atomic E-state index is 0.0611. The summed E-state index contributed by atoms with van der Waals surface area (Å²) in [6.45, 7) is 3.38. The number of amides is 1. The lowest BCUT2D eigenvalue weighted by atomic mass is 10.2. The van der Waals surface area contributed by atoms with Crippen LogP contribution in [0.2, 0.25) is 0 Å². The standard InChI is InChI=1S/C16H20N4OS3/c1-11(21)20(12-6-7-12)15-17-19(16(22)24-15)10-18-8-2-4-13(18)14-5-3-9-23-14/h3,5,9,12-13H,2,4,6-8,10H2,1H3/t13-/m1/s1. The number of hydrogen-bond acceptors (Lipinski definition) is 6. The molecule has 4 rings (SSSR count). The number of carbonyl (C=O) groups excluding carboxylic acids is 1. The van der Waals surface area contributed by atoms with Crippen molar-refractivity contribution in [2.75, 3.05) is 11.4 Å². The number of thiophene rings is 1. The summed E-state index contributed by atoms with van der Waals surface area (Å²) in [4.78, 5) is 17.6. The molecule has 0 N–H and O–H groups in total. The van der Waals surface area contributed by atoms with Gasteiger partial charge in [-0.1, -0.05) is 17.4 Å². The van der Waals surface area contributed by atoms with Gasteiger partial charge in [0.2, 0.25) is 11.0 Å². The van der Waals surface area contributed by atoms with Gasteiger partial charge in [0.05, 0.1) is 6.67 Å². The van der Waals surface area contributed by atoms with Crippen molar-refractivity contribution >= 4 is 45.9 Å². The Kier molecular flexibility index (Phi) is 4.55. The number of aromatic nitrogens is 2. The molecule has 1 amide bonds. The minimum Gasteiger partial charge on any atom is -0.284 e. The van der Waals surface area contributed by atoms with Gasteiger partial charge < -0.3 is 0 Å². The van der Waals surface area contributed by atoms with Crippen molar-refractivity contribution in [1.82, 2.24) is 14.7 Å². The highest BCUT2D eigenvalue weighted by atomic mass is 32.1.